The highest BCUT2D eigenvalue weighted by Crippen LogP contribution is 2.32. The third kappa shape index (κ3) is 2.92. The van der Waals surface area contributed by atoms with Gasteiger partial charge in [-0.25, -0.2) is 0 Å². The molecule has 0 aromatic heterocycles. The Balaban J connectivity index is 3.26. The molecule has 1 N–H and O–H groups in total. The van der Waals surface area contributed by atoms with Crippen LogP contribution in [0.5, 0.6) is 0 Å². The Kier molecular flexibility index (Phi) is 4.20. The Hall–Kier alpha value is -1.31. The van der Waals surface area contributed by atoms with Crippen molar-refractivity contribution in [2.45, 2.75) is 53.9 Å². The molecule has 0 radical (unpaired) electrons. The van der Waals surface area contributed by atoms with E-state index in [1.807, 2.05) is 0 Å². The second-order valence-corrected chi connectivity index (χ2v) is 5.93. The topological polar surface area (TPSA) is 29.1 Å². The molecule has 100 valence electrons. The molecule has 0 atom stereocenters. The van der Waals surface area contributed by atoms with Crippen LogP contribution in [0.3, 0.4) is 0 Å². The molecule has 2 heteroatoms. The molecule has 2 nitrogen and oxygen atoms in total. The average molecular weight is 247 g/mol. The molecule has 0 spiro atoms. The van der Waals surface area contributed by atoms with Gasteiger partial charge in [0.15, 0.2) is 0 Å². The van der Waals surface area contributed by atoms with Gasteiger partial charge in [0.25, 0.3) is 0 Å². The largest absolute Gasteiger partial charge is 0.355 e. The third-order valence-corrected chi connectivity index (χ3v) is 3.82. The highest BCUT2D eigenvalue weighted by Gasteiger charge is 2.26. The summed E-state index contributed by atoms with van der Waals surface area (Å²) in [6.45, 7) is 15.3. The van der Waals surface area contributed by atoms with Crippen LogP contribution < -0.4 is 5.32 Å². The van der Waals surface area contributed by atoms with Crippen LogP contribution in [0, 0.1) is 27.7 Å². The molecule has 18 heavy (non-hydrogen) atoms. The molecule has 0 aliphatic carbocycles. The zero-order valence-electron chi connectivity index (χ0n) is 12.7. The molecule has 0 aliphatic rings. The van der Waals surface area contributed by atoms with Gasteiger partial charge < -0.3 is 5.32 Å². The quantitative estimate of drug-likeness (QED) is 0.872. The van der Waals surface area contributed by atoms with Gasteiger partial charge in [-0.15, -0.1) is 0 Å². The van der Waals surface area contributed by atoms with Gasteiger partial charge in [0.1, 0.15) is 0 Å². The lowest BCUT2D eigenvalue weighted by molar-refractivity contribution is -0.119. The second-order valence-electron chi connectivity index (χ2n) is 5.93. The van der Waals surface area contributed by atoms with Crippen LogP contribution in [0.25, 0.3) is 0 Å². The SMILES string of the molecule is CC(=O)NCC(C)(C)c1c(C)c(C)cc(C)c1C. The van der Waals surface area contributed by atoms with Gasteiger partial charge >= 0.3 is 0 Å². The predicted octanol–water partition coefficient (Wildman–Crippen LogP) is 3.33. The number of carbonyl (C=O) groups is 1. The van der Waals surface area contributed by atoms with E-state index in [-0.39, 0.29) is 11.3 Å². The van der Waals surface area contributed by atoms with E-state index in [0.29, 0.717) is 6.54 Å². The lowest BCUT2D eigenvalue weighted by Crippen LogP contribution is -2.36. The van der Waals surface area contributed by atoms with E-state index >= 15 is 0 Å². The molecule has 1 aromatic rings. The fourth-order valence-electron chi connectivity index (χ4n) is 2.67. The maximum atomic E-state index is 11.1. The van der Waals surface area contributed by atoms with Crippen molar-refractivity contribution in [2.24, 2.45) is 0 Å². The van der Waals surface area contributed by atoms with Gasteiger partial charge in [-0.3, -0.25) is 4.79 Å². The molecule has 1 amide bonds. The van der Waals surface area contributed by atoms with Crippen molar-refractivity contribution in [3.63, 3.8) is 0 Å². The number of nitrogens with one attached hydrogen (secondary N) is 1. The first-order valence-electron chi connectivity index (χ1n) is 6.49. The number of aryl methyl sites for hydroxylation is 2. The molecule has 1 aromatic carbocycles. The van der Waals surface area contributed by atoms with E-state index in [9.17, 15) is 4.79 Å². The lowest BCUT2D eigenvalue weighted by Gasteiger charge is -2.31. The summed E-state index contributed by atoms with van der Waals surface area (Å²) < 4.78 is 0. The van der Waals surface area contributed by atoms with Gasteiger partial charge in [-0.2, -0.15) is 0 Å². The number of hydrogen-bond acceptors (Lipinski definition) is 1. The zero-order chi connectivity index (χ0) is 14.1. The standard InChI is InChI=1S/C16H25NO/c1-10-8-11(2)13(4)15(12(10)3)16(6,7)9-17-14(5)18/h8H,9H2,1-7H3,(H,17,18). The van der Waals surface area contributed by atoms with Gasteiger partial charge in [0.05, 0.1) is 0 Å². The molecule has 0 heterocycles. The lowest BCUT2D eigenvalue weighted by atomic mass is 9.77. The van der Waals surface area contributed by atoms with Crippen LogP contribution >= 0.6 is 0 Å². The fraction of sp³-hybridized carbons (Fsp3) is 0.562. The molecule has 0 unspecified atom stereocenters. The Morgan fingerprint density at radius 3 is 1.94 bits per heavy atom. The van der Waals surface area contributed by atoms with Crippen LogP contribution in [0.4, 0.5) is 0 Å². The summed E-state index contributed by atoms with van der Waals surface area (Å²) in [6, 6.07) is 2.24. The van der Waals surface area contributed by atoms with Crippen molar-refractivity contribution in [2.75, 3.05) is 6.54 Å². The van der Waals surface area contributed by atoms with E-state index in [1.54, 1.807) is 6.92 Å². The molecular formula is C16H25NO. The first kappa shape index (κ1) is 14.7. The first-order chi connectivity index (χ1) is 8.16. The zero-order valence-corrected chi connectivity index (χ0v) is 12.7. The summed E-state index contributed by atoms with van der Waals surface area (Å²) in [5.41, 5.74) is 6.65. The molecule has 1 rings (SSSR count). The number of rotatable bonds is 3. The van der Waals surface area contributed by atoms with Crippen molar-refractivity contribution in [1.29, 1.82) is 0 Å². The van der Waals surface area contributed by atoms with Crippen molar-refractivity contribution >= 4 is 5.91 Å². The van der Waals surface area contributed by atoms with Crippen LogP contribution in [0.1, 0.15) is 48.6 Å². The van der Waals surface area contributed by atoms with E-state index < -0.39 is 0 Å². The van der Waals surface area contributed by atoms with Gasteiger partial charge in [0, 0.05) is 18.9 Å². The highest BCUT2D eigenvalue weighted by atomic mass is 16.1. The van der Waals surface area contributed by atoms with Crippen molar-refractivity contribution < 1.29 is 4.79 Å². The molecule has 0 bridgehead atoms. The number of amides is 1. The van der Waals surface area contributed by atoms with Crippen LogP contribution in [-0.2, 0) is 10.2 Å². The summed E-state index contributed by atoms with van der Waals surface area (Å²) in [6.07, 6.45) is 0. The van der Waals surface area contributed by atoms with E-state index in [4.69, 9.17) is 0 Å². The Bertz CT molecular complexity index is 446. The first-order valence-corrected chi connectivity index (χ1v) is 6.49. The predicted molar refractivity (Wildman–Crippen MR) is 77.1 cm³/mol. The summed E-state index contributed by atoms with van der Waals surface area (Å²) in [4.78, 5) is 11.1. The van der Waals surface area contributed by atoms with Crippen LogP contribution in [0.2, 0.25) is 0 Å². The normalized spacial score (nSPS) is 11.5. The minimum absolute atomic E-state index is 0.0303. The molecule has 0 fully saturated rings. The van der Waals surface area contributed by atoms with Gasteiger partial charge in [-0.1, -0.05) is 19.9 Å². The summed E-state index contributed by atoms with van der Waals surface area (Å²) in [5.74, 6) is 0.0303. The summed E-state index contributed by atoms with van der Waals surface area (Å²) in [5, 5.41) is 2.94. The van der Waals surface area contributed by atoms with Gasteiger partial charge in [0.2, 0.25) is 5.91 Å². The Morgan fingerprint density at radius 2 is 1.56 bits per heavy atom. The number of carbonyl (C=O) groups excluding carboxylic acids is 1. The Labute approximate surface area is 111 Å². The summed E-state index contributed by atoms with van der Waals surface area (Å²) in [7, 11) is 0. The minimum atomic E-state index is -0.0450. The average Bonchev–Trinajstić information content (AvgIpc) is 2.24. The van der Waals surface area contributed by atoms with Crippen molar-refractivity contribution in [1.82, 2.24) is 5.32 Å². The fourth-order valence-corrected chi connectivity index (χ4v) is 2.67. The van der Waals surface area contributed by atoms with Gasteiger partial charge in [-0.05, 0) is 55.5 Å². The third-order valence-electron chi connectivity index (χ3n) is 3.82. The second kappa shape index (κ2) is 5.13. The maximum absolute atomic E-state index is 11.1. The molecule has 0 aliphatic heterocycles. The van der Waals surface area contributed by atoms with Crippen LogP contribution in [0.15, 0.2) is 6.07 Å². The number of benzene rings is 1. The highest BCUT2D eigenvalue weighted by molar-refractivity contribution is 5.73. The maximum Gasteiger partial charge on any atom is 0.216 e. The number of hydrogen-bond donors (Lipinski definition) is 1. The monoisotopic (exact) mass is 247 g/mol. The minimum Gasteiger partial charge on any atom is -0.355 e. The smallest absolute Gasteiger partial charge is 0.216 e. The van der Waals surface area contributed by atoms with Crippen molar-refractivity contribution in [3.8, 4) is 0 Å². The molecule has 0 saturated carbocycles. The Morgan fingerprint density at radius 1 is 1.11 bits per heavy atom. The van der Waals surface area contributed by atoms with E-state index in [1.165, 1.54) is 27.8 Å². The summed E-state index contributed by atoms with van der Waals surface area (Å²) >= 11 is 0. The molecular weight excluding hydrogens is 222 g/mol. The van der Waals surface area contributed by atoms with Crippen LogP contribution in [-0.4, -0.2) is 12.5 Å². The van der Waals surface area contributed by atoms with E-state index in [2.05, 4.69) is 52.9 Å². The molecule has 0 saturated heterocycles. The van der Waals surface area contributed by atoms with E-state index in [0.717, 1.165) is 0 Å². The van der Waals surface area contributed by atoms with Crippen molar-refractivity contribution in [3.05, 3.63) is 33.9 Å².